The summed E-state index contributed by atoms with van der Waals surface area (Å²) in [6, 6.07) is 0. The Morgan fingerprint density at radius 2 is 2.08 bits per heavy atom. The van der Waals surface area contributed by atoms with Crippen LogP contribution >= 0.6 is 0 Å². The van der Waals surface area contributed by atoms with E-state index in [-0.39, 0.29) is 12.3 Å². The van der Waals surface area contributed by atoms with Gasteiger partial charge in [-0.25, -0.2) is 13.1 Å². The van der Waals surface area contributed by atoms with Gasteiger partial charge in [0.2, 0.25) is 10.0 Å². The van der Waals surface area contributed by atoms with Gasteiger partial charge < -0.3 is 5.73 Å². The highest BCUT2D eigenvalue weighted by Gasteiger charge is 2.19. The molecule has 0 aromatic heterocycles. The predicted molar refractivity (Wildman–Crippen MR) is 48.2 cm³/mol. The van der Waals surface area contributed by atoms with Crippen molar-refractivity contribution >= 4 is 10.0 Å². The molecule has 0 amide bonds. The van der Waals surface area contributed by atoms with Crippen LogP contribution in [0.3, 0.4) is 0 Å². The molecule has 0 atom stereocenters. The number of nitrogens with two attached hydrogens (primary N) is 1. The average molecular weight is 192 g/mol. The van der Waals surface area contributed by atoms with Crippen LogP contribution in [0, 0.1) is 5.92 Å². The molecule has 0 aliphatic heterocycles. The first-order valence-electron chi connectivity index (χ1n) is 4.31. The molecule has 0 radical (unpaired) electrons. The zero-order valence-corrected chi connectivity index (χ0v) is 7.94. The molecule has 0 bridgehead atoms. The summed E-state index contributed by atoms with van der Waals surface area (Å²) in [6.07, 6.45) is 3.56. The van der Waals surface area contributed by atoms with Crippen LogP contribution < -0.4 is 10.5 Å². The molecule has 1 aliphatic carbocycles. The van der Waals surface area contributed by atoms with E-state index in [1.807, 2.05) is 0 Å². The van der Waals surface area contributed by atoms with Crippen molar-refractivity contribution in [3.05, 3.63) is 0 Å². The molecular weight excluding hydrogens is 176 g/mol. The first kappa shape index (κ1) is 9.95. The van der Waals surface area contributed by atoms with Crippen molar-refractivity contribution in [1.82, 2.24) is 4.72 Å². The van der Waals surface area contributed by atoms with E-state index in [2.05, 4.69) is 4.72 Å². The van der Waals surface area contributed by atoms with Gasteiger partial charge in [0, 0.05) is 13.1 Å². The first-order valence-corrected chi connectivity index (χ1v) is 5.96. The second-order valence-corrected chi connectivity index (χ2v) is 5.18. The monoisotopic (exact) mass is 192 g/mol. The molecule has 4 nitrogen and oxygen atoms in total. The Morgan fingerprint density at radius 3 is 2.50 bits per heavy atom. The van der Waals surface area contributed by atoms with Gasteiger partial charge in [-0.1, -0.05) is 6.42 Å². The lowest BCUT2D eigenvalue weighted by Crippen LogP contribution is -2.35. The molecule has 1 fully saturated rings. The molecule has 0 saturated heterocycles. The Hall–Kier alpha value is -0.130. The number of sulfonamides is 1. The molecule has 0 aromatic rings. The van der Waals surface area contributed by atoms with Gasteiger partial charge in [0.1, 0.15) is 0 Å². The second kappa shape index (κ2) is 4.20. The van der Waals surface area contributed by atoms with Crippen LogP contribution in [-0.2, 0) is 10.0 Å². The van der Waals surface area contributed by atoms with Crippen molar-refractivity contribution < 1.29 is 8.42 Å². The second-order valence-electron chi connectivity index (χ2n) is 3.25. The normalized spacial score (nSPS) is 19.1. The van der Waals surface area contributed by atoms with Crippen LogP contribution in [0.1, 0.15) is 19.3 Å². The van der Waals surface area contributed by atoms with Crippen molar-refractivity contribution in [1.29, 1.82) is 0 Å². The Labute approximate surface area is 73.6 Å². The molecule has 1 rings (SSSR count). The fourth-order valence-corrected chi connectivity index (χ4v) is 2.11. The summed E-state index contributed by atoms with van der Waals surface area (Å²) in [5.74, 6) is 0.609. The van der Waals surface area contributed by atoms with E-state index < -0.39 is 10.0 Å². The van der Waals surface area contributed by atoms with Gasteiger partial charge in [-0.15, -0.1) is 0 Å². The minimum absolute atomic E-state index is 0.0414. The summed E-state index contributed by atoms with van der Waals surface area (Å²) in [5, 5.41) is 0. The summed E-state index contributed by atoms with van der Waals surface area (Å²) in [4.78, 5) is 0. The number of nitrogens with one attached hydrogen (secondary N) is 1. The van der Waals surface area contributed by atoms with Crippen LogP contribution in [0.4, 0.5) is 0 Å². The number of hydrogen-bond acceptors (Lipinski definition) is 3. The molecule has 0 aromatic carbocycles. The van der Waals surface area contributed by atoms with E-state index in [1.54, 1.807) is 0 Å². The van der Waals surface area contributed by atoms with Crippen LogP contribution in [0.5, 0.6) is 0 Å². The molecule has 0 unspecified atom stereocenters. The van der Waals surface area contributed by atoms with Crippen LogP contribution in [0.25, 0.3) is 0 Å². The lowest BCUT2D eigenvalue weighted by Gasteiger charge is -2.25. The highest BCUT2D eigenvalue weighted by molar-refractivity contribution is 7.89. The smallest absolute Gasteiger partial charge is 0.212 e. The maximum absolute atomic E-state index is 11.1. The predicted octanol–water partition coefficient (Wildman–Crippen LogP) is -0.335. The molecule has 1 aliphatic rings. The zero-order valence-electron chi connectivity index (χ0n) is 7.12. The van der Waals surface area contributed by atoms with E-state index >= 15 is 0 Å². The molecule has 3 N–H and O–H groups in total. The van der Waals surface area contributed by atoms with Crippen LogP contribution in [0.2, 0.25) is 0 Å². The fourth-order valence-electron chi connectivity index (χ4n) is 1.17. The SMILES string of the molecule is NCCS(=O)(=O)NCC1CCC1. The van der Waals surface area contributed by atoms with E-state index in [0.29, 0.717) is 12.5 Å². The summed E-state index contributed by atoms with van der Waals surface area (Å²) >= 11 is 0. The fraction of sp³-hybridized carbons (Fsp3) is 1.00. The minimum Gasteiger partial charge on any atom is -0.329 e. The third kappa shape index (κ3) is 3.08. The van der Waals surface area contributed by atoms with Gasteiger partial charge in [-0.05, 0) is 18.8 Å². The third-order valence-electron chi connectivity index (χ3n) is 2.20. The van der Waals surface area contributed by atoms with Gasteiger partial charge in [0.15, 0.2) is 0 Å². The third-order valence-corrected chi connectivity index (χ3v) is 3.58. The van der Waals surface area contributed by atoms with Gasteiger partial charge in [-0.2, -0.15) is 0 Å². The van der Waals surface area contributed by atoms with E-state index in [1.165, 1.54) is 6.42 Å². The van der Waals surface area contributed by atoms with Crippen LogP contribution in [-0.4, -0.2) is 27.3 Å². The molecular formula is C7H16N2O2S. The summed E-state index contributed by atoms with van der Waals surface area (Å²) in [5.41, 5.74) is 5.15. The Kier molecular flexibility index (Phi) is 3.49. The van der Waals surface area contributed by atoms with Crippen molar-refractivity contribution in [3.8, 4) is 0 Å². The summed E-state index contributed by atoms with van der Waals surface area (Å²) in [7, 11) is -3.08. The average Bonchev–Trinajstić information content (AvgIpc) is 1.82. The lowest BCUT2D eigenvalue weighted by molar-refractivity contribution is 0.316. The van der Waals surface area contributed by atoms with E-state index in [0.717, 1.165) is 12.8 Å². The standard InChI is InChI=1S/C7H16N2O2S/c8-4-5-12(10,11)9-6-7-2-1-3-7/h7,9H,1-6,8H2. The van der Waals surface area contributed by atoms with Gasteiger partial charge >= 0.3 is 0 Å². The van der Waals surface area contributed by atoms with Gasteiger partial charge in [0.25, 0.3) is 0 Å². The van der Waals surface area contributed by atoms with Gasteiger partial charge in [0.05, 0.1) is 5.75 Å². The molecule has 5 heteroatoms. The minimum atomic E-state index is -3.08. The quantitative estimate of drug-likeness (QED) is 0.626. The van der Waals surface area contributed by atoms with Crippen molar-refractivity contribution in [2.75, 3.05) is 18.8 Å². The maximum atomic E-state index is 11.1. The Balaban J connectivity index is 2.20. The Bertz CT molecular complexity index is 222. The van der Waals surface area contributed by atoms with E-state index in [4.69, 9.17) is 5.73 Å². The highest BCUT2D eigenvalue weighted by atomic mass is 32.2. The van der Waals surface area contributed by atoms with E-state index in [9.17, 15) is 8.42 Å². The molecule has 12 heavy (non-hydrogen) atoms. The van der Waals surface area contributed by atoms with Crippen molar-refractivity contribution in [3.63, 3.8) is 0 Å². The summed E-state index contributed by atoms with van der Waals surface area (Å²) < 4.78 is 24.7. The first-order chi connectivity index (χ1) is 5.64. The number of hydrogen-bond donors (Lipinski definition) is 2. The lowest BCUT2D eigenvalue weighted by atomic mass is 9.86. The molecule has 0 spiro atoms. The van der Waals surface area contributed by atoms with Gasteiger partial charge in [-0.3, -0.25) is 0 Å². The highest BCUT2D eigenvalue weighted by Crippen LogP contribution is 2.25. The van der Waals surface area contributed by atoms with Crippen LogP contribution in [0.15, 0.2) is 0 Å². The topological polar surface area (TPSA) is 72.2 Å². The van der Waals surface area contributed by atoms with Crippen molar-refractivity contribution in [2.45, 2.75) is 19.3 Å². The molecule has 1 saturated carbocycles. The van der Waals surface area contributed by atoms with Crippen molar-refractivity contribution in [2.24, 2.45) is 11.7 Å². The largest absolute Gasteiger partial charge is 0.329 e. The Morgan fingerprint density at radius 1 is 1.42 bits per heavy atom. The molecule has 0 heterocycles. The number of rotatable bonds is 5. The zero-order chi connectivity index (χ0) is 9.03. The maximum Gasteiger partial charge on any atom is 0.212 e. The summed E-state index contributed by atoms with van der Waals surface area (Å²) in [6.45, 7) is 0.794. The molecule has 72 valence electrons.